The number of rotatable bonds is 5. The maximum atomic E-state index is 13.1. The summed E-state index contributed by atoms with van der Waals surface area (Å²) in [4.78, 5) is -0.649. The van der Waals surface area contributed by atoms with E-state index in [9.17, 15) is 26.0 Å². The summed E-state index contributed by atoms with van der Waals surface area (Å²) in [5.41, 5.74) is -1.63. The van der Waals surface area contributed by atoms with Gasteiger partial charge in [-0.2, -0.15) is 13.2 Å². The van der Waals surface area contributed by atoms with Crippen LogP contribution in [0.15, 0.2) is 23.1 Å². The van der Waals surface area contributed by atoms with Crippen LogP contribution in [-0.4, -0.2) is 37.5 Å². The fourth-order valence-corrected chi connectivity index (χ4v) is 2.76. The number of benzene rings is 1. The van der Waals surface area contributed by atoms with Crippen molar-refractivity contribution in [1.82, 2.24) is 4.31 Å². The summed E-state index contributed by atoms with van der Waals surface area (Å²) in [5.74, 6) is -1.53. The molecule has 0 aliphatic heterocycles. The van der Waals surface area contributed by atoms with Gasteiger partial charge >= 0.3 is 6.18 Å². The monoisotopic (exact) mass is 329 g/mol. The molecular formula is C12H15F4NO3S. The van der Waals surface area contributed by atoms with Crippen molar-refractivity contribution in [3.05, 3.63) is 29.6 Å². The van der Waals surface area contributed by atoms with Gasteiger partial charge in [0.25, 0.3) is 0 Å². The van der Waals surface area contributed by atoms with Gasteiger partial charge in [-0.25, -0.2) is 17.1 Å². The molecule has 0 aromatic heterocycles. The van der Waals surface area contributed by atoms with Gasteiger partial charge in [0.2, 0.25) is 10.0 Å². The van der Waals surface area contributed by atoms with Crippen LogP contribution in [0, 0.1) is 5.82 Å². The highest BCUT2D eigenvalue weighted by atomic mass is 32.2. The molecule has 0 bridgehead atoms. The minimum Gasteiger partial charge on any atom is -0.393 e. The van der Waals surface area contributed by atoms with Crippen LogP contribution in [0.2, 0.25) is 0 Å². The maximum absolute atomic E-state index is 13.1. The van der Waals surface area contributed by atoms with Crippen LogP contribution < -0.4 is 0 Å². The molecule has 0 amide bonds. The Morgan fingerprint density at radius 1 is 1.33 bits per heavy atom. The minimum atomic E-state index is -4.98. The number of hydrogen-bond acceptors (Lipinski definition) is 3. The largest absolute Gasteiger partial charge is 0.419 e. The van der Waals surface area contributed by atoms with E-state index in [1.807, 2.05) is 0 Å². The Morgan fingerprint density at radius 2 is 1.90 bits per heavy atom. The smallest absolute Gasteiger partial charge is 0.393 e. The minimum absolute atomic E-state index is 0.0707. The molecule has 4 nitrogen and oxygen atoms in total. The van der Waals surface area contributed by atoms with E-state index in [0.29, 0.717) is 6.07 Å². The van der Waals surface area contributed by atoms with E-state index in [1.165, 1.54) is 14.0 Å². The summed E-state index contributed by atoms with van der Waals surface area (Å²) in [6, 6.07) is 1.51. The topological polar surface area (TPSA) is 57.6 Å². The third-order valence-electron chi connectivity index (χ3n) is 2.81. The fraction of sp³-hybridized carbons (Fsp3) is 0.500. The van der Waals surface area contributed by atoms with Gasteiger partial charge in [0.05, 0.1) is 16.6 Å². The Bertz CT molecular complexity index is 599. The van der Waals surface area contributed by atoms with E-state index >= 15 is 0 Å². The zero-order valence-electron chi connectivity index (χ0n) is 11.4. The molecule has 1 unspecified atom stereocenters. The Morgan fingerprint density at radius 3 is 2.38 bits per heavy atom. The molecule has 0 aliphatic carbocycles. The Balaban J connectivity index is 3.15. The Hall–Kier alpha value is -1.19. The molecule has 1 N–H and O–H groups in total. The molecule has 21 heavy (non-hydrogen) atoms. The number of halogens is 4. The number of aliphatic hydroxyl groups excluding tert-OH is 1. The molecule has 0 radical (unpaired) electrons. The molecule has 120 valence electrons. The molecule has 0 spiro atoms. The summed E-state index contributed by atoms with van der Waals surface area (Å²) in [7, 11) is -3.00. The van der Waals surface area contributed by atoms with Crippen molar-refractivity contribution in [3.63, 3.8) is 0 Å². The third kappa shape index (κ3) is 4.39. The number of hydrogen-bond donors (Lipinski definition) is 1. The first-order valence-corrected chi connectivity index (χ1v) is 7.41. The molecule has 0 fully saturated rings. The molecular weight excluding hydrogens is 314 g/mol. The van der Waals surface area contributed by atoms with E-state index in [1.54, 1.807) is 0 Å². The van der Waals surface area contributed by atoms with Crippen molar-refractivity contribution in [2.24, 2.45) is 0 Å². The first-order valence-electron chi connectivity index (χ1n) is 5.97. The van der Waals surface area contributed by atoms with E-state index in [0.717, 1.165) is 10.4 Å². The summed E-state index contributed by atoms with van der Waals surface area (Å²) < 4.78 is 75.9. The van der Waals surface area contributed by atoms with Crippen LogP contribution in [-0.2, 0) is 16.2 Å². The fourth-order valence-electron chi connectivity index (χ4n) is 1.55. The van der Waals surface area contributed by atoms with Crippen LogP contribution in [0.4, 0.5) is 17.6 Å². The van der Waals surface area contributed by atoms with Crippen LogP contribution in [0.5, 0.6) is 0 Å². The van der Waals surface area contributed by atoms with Gasteiger partial charge in [-0.1, -0.05) is 0 Å². The second-order valence-corrected chi connectivity index (χ2v) is 6.65. The normalized spacial score (nSPS) is 14.5. The molecule has 0 saturated carbocycles. The van der Waals surface area contributed by atoms with Gasteiger partial charge in [-0.3, -0.25) is 0 Å². The van der Waals surface area contributed by atoms with Crippen molar-refractivity contribution in [2.75, 3.05) is 13.6 Å². The average Bonchev–Trinajstić information content (AvgIpc) is 2.34. The first kappa shape index (κ1) is 17.9. The van der Waals surface area contributed by atoms with Crippen molar-refractivity contribution in [3.8, 4) is 0 Å². The SMILES string of the molecule is CC(O)CCN(C)S(=O)(=O)c1ccc(F)c(C(F)(F)F)c1. The summed E-state index contributed by atoms with van der Waals surface area (Å²) in [6.45, 7) is 1.39. The quantitative estimate of drug-likeness (QED) is 0.843. The zero-order valence-corrected chi connectivity index (χ0v) is 12.2. The molecule has 0 aliphatic rings. The molecule has 1 aromatic carbocycles. The summed E-state index contributed by atoms with van der Waals surface area (Å²) in [6.07, 6.45) is -5.60. The molecule has 0 heterocycles. The lowest BCUT2D eigenvalue weighted by atomic mass is 10.2. The molecule has 1 aromatic rings. The van der Waals surface area contributed by atoms with Crippen LogP contribution >= 0.6 is 0 Å². The lowest BCUT2D eigenvalue weighted by Crippen LogP contribution is -2.30. The first-order chi connectivity index (χ1) is 9.46. The van der Waals surface area contributed by atoms with Gasteiger partial charge in [-0.15, -0.1) is 0 Å². The lowest BCUT2D eigenvalue weighted by Gasteiger charge is -2.19. The number of aliphatic hydroxyl groups is 1. The molecule has 9 heteroatoms. The van der Waals surface area contributed by atoms with Crippen molar-refractivity contribution < 1.29 is 31.1 Å². The highest BCUT2D eigenvalue weighted by Gasteiger charge is 2.35. The number of nitrogens with zero attached hydrogens (tertiary/aromatic N) is 1. The zero-order chi connectivity index (χ0) is 16.4. The predicted octanol–water partition coefficient (Wildman–Crippen LogP) is 2.24. The summed E-state index contributed by atoms with van der Waals surface area (Å²) in [5, 5.41) is 9.10. The van der Waals surface area contributed by atoms with E-state index in [4.69, 9.17) is 5.11 Å². The predicted molar refractivity (Wildman–Crippen MR) is 67.5 cm³/mol. The van der Waals surface area contributed by atoms with Crippen molar-refractivity contribution in [1.29, 1.82) is 0 Å². The average molecular weight is 329 g/mol. The Kier molecular flexibility index (Phi) is 5.35. The van der Waals surface area contributed by atoms with Crippen LogP contribution in [0.3, 0.4) is 0 Å². The Labute approximate surface area is 120 Å². The van der Waals surface area contributed by atoms with Crippen molar-refractivity contribution >= 4 is 10.0 Å². The number of sulfonamides is 1. The maximum Gasteiger partial charge on any atom is 0.419 e. The number of alkyl halides is 3. The highest BCUT2D eigenvalue weighted by Crippen LogP contribution is 2.33. The second kappa shape index (κ2) is 6.29. The van der Waals surface area contributed by atoms with E-state index in [2.05, 4.69) is 0 Å². The van der Waals surface area contributed by atoms with Crippen molar-refractivity contribution in [2.45, 2.75) is 30.5 Å². The van der Waals surface area contributed by atoms with E-state index in [-0.39, 0.29) is 19.0 Å². The molecule has 0 saturated heterocycles. The van der Waals surface area contributed by atoms with Gasteiger partial charge in [0.15, 0.2) is 0 Å². The van der Waals surface area contributed by atoms with E-state index < -0.39 is 38.6 Å². The third-order valence-corrected chi connectivity index (χ3v) is 4.67. The van der Waals surface area contributed by atoms with Gasteiger partial charge in [0, 0.05) is 13.6 Å². The summed E-state index contributed by atoms with van der Waals surface area (Å²) >= 11 is 0. The van der Waals surface area contributed by atoms with Gasteiger partial charge in [0.1, 0.15) is 5.82 Å². The van der Waals surface area contributed by atoms with Gasteiger partial charge < -0.3 is 5.11 Å². The highest BCUT2D eigenvalue weighted by molar-refractivity contribution is 7.89. The standard InChI is InChI=1S/C12H15F4NO3S/c1-8(18)5-6-17(2)21(19,20)9-3-4-11(13)10(7-9)12(14,15)16/h3-4,7-8,18H,5-6H2,1-2H3. The molecule has 1 rings (SSSR count). The lowest BCUT2D eigenvalue weighted by molar-refractivity contribution is -0.140. The second-order valence-electron chi connectivity index (χ2n) is 4.60. The van der Waals surface area contributed by atoms with Gasteiger partial charge in [-0.05, 0) is 31.5 Å². The molecule has 1 atom stereocenters. The van der Waals surface area contributed by atoms with Crippen LogP contribution in [0.25, 0.3) is 0 Å². The van der Waals surface area contributed by atoms with Crippen LogP contribution in [0.1, 0.15) is 18.9 Å².